The smallest absolute Gasteiger partial charge is 0.349 e. The van der Waals surface area contributed by atoms with E-state index in [-0.39, 0.29) is 6.61 Å². The molecule has 0 aliphatic carbocycles. The Hall–Kier alpha value is -2.53. The van der Waals surface area contributed by atoms with Crippen molar-refractivity contribution in [1.82, 2.24) is 0 Å². The lowest BCUT2D eigenvalue weighted by molar-refractivity contribution is -0.136. The van der Waals surface area contributed by atoms with Gasteiger partial charge in [0.1, 0.15) is 5.75 Å². The average Bonchev–Trinajstić information content (AvgIpc) is 2.60. The van der Waals surface area contributed by atoms with Crippen LogP contribution in [0.5, 0.6) is 17.2 Å². The zero-order chi connectivity index (χ0) is 16.9. The molecule has 24 heavy (non-hydrogen) atoms. The van der Waals surface area contributed by atoms with Gasteiger partial charge >= 0.3 is 5.97 Å². The van der Waals surface area contributed by atoms with Gasteiger partial charge in [0.05, 0.1) is 7.11 Å². The molecule has 0 saturated heterocycles. The van der Waals surface area contributed by atoms with Crippen LogP contribution in [-0.2, 0) is 4.79 Å². The molecule has 0 aliphatic rings. The van der Waals surface area contributed by atoms with E-state index in [1.807, 2.05) is 36.4 Å². The van der Waals surface area contributed by atoms with Crippen LogP contribution in [0.15, 0.2) is 65.1 Å². The first-order valence-electron chi connectivity index (χ1n) is 7.31. The zero-order valence-corrected chi connectivity index (χ0v) is 14.6. The van der Waals surface area contributed by atoms with Crippen molar-refractivity contribution < 1.29 is 19.0 Å². The quantitative estimate of drug-likeness (QED) is 0.474. The topological polar surface area (TPSA) is 44.8 Å². The van der Waals surface area contributed by atoms with Crippen LogP contribution in [-0.4, -0.2) is 19.7 Å². The van der Waals surface area contributed by atoms with Crippen molar-refractivity contribution in [3.05, 3.63) is 65.1 Å². The molecule has 4 nitrogen and oxygen atoms in total. The summed E-state index contributed by atoms with van der Waals surface area (Å²) in [5.41, 5.74) is 0. The molecule has 0 aromatic heterocycles. The Morgan fingerprint density at radius 1 is 0.958 bits per heavy atom. The molecule has 0 saturated carbocycles. The number of hydrogen-bond acceptors (Lipinski definition) is 4. The number of methoxy groups -OCH3 is 1. The molecule has 3 aromatic carbocycles. The van der Waals surface area contributed by atoms with E-state index in [2.05, 4.69) is 15.9 Å². The molecule has 0 radical (unpaired) electrons. The number of benzene rings is 3. The van der Waals surface area contributed by atoms with Gasteiger partial charge in [-0.3, -0.25) is 0 Å². The minimum Gasteiger partial charge on any atom is -0.493 e. The van der Waals surface area contributed by atoms with Crippen LogP contribution in [0.1, 0.15) is 0 Å². The Labute approximate surface area is 148 Å². The van der Waals surface area contributed by atoms with E-state index in [9.17, 15) is 4.79 Å². The van der Waals surface area contributed by atoms with E-state index in [0.717, 1.165) is 15.2 Å². The fourth-order valence-corrected chi connectivity index (χ4v) is 2.66. The molecule has 0 fully saturated rings. The van der Waals surface area contributed by atoms with Gasteiger partial charge in [-0.15, -0.1) is 0 Å². The van der Waals surface area contributed by atoms with Crippen LogP contribution < -0.4 is 14.2 Å². The number of rotatable bonds is 5. The summed E-state index contributed by atoms with van der Waals surface area (Å²) < 4.78 is 17.0. The number of carbonyl (C=O) groups is 1. The molecule has 0 bridgehead atoms. The van der Waals surface area contributed by atoms with Crippen molar-refractivity contribution in [2.75, 3.05) is 13.7 Å². The second-order valence-corrected chi connectivity index (χ2v) is 5.98. The largest absolute Gasteiger partial charge is 0.493 e. The number of halogens is 1. The van der Waals surface area contributed by atoms with Gasteiger partial charge in [0.2, 0.25) is 0 Å². The first-order valence-corrected chi connectivity index (χ1v) is 8.11. The summed E-state index contributed by atoms with van der Waals surface area (Å²) in [5.74, 6) is 0.997. The van der Waals surface area contributed by atoms with Gasteiger partial charge in [0.25, 0.3) is 0 Å². The predicted molar refractivity (Wildman–Crippen MR) is 95.8 cm³/mol. The first kappa shape index (κ1) is 16.3. The van der Waals surface area contributed by atoms with Crippen molar-refractivity contribution in [3.8, 4) is 17.2 Å². The molecule has 3 aromatic rings. The summed E-state index contributed by atoms with van der Waals surface area (Å²) in [7, 11) is 1.52. The molecule has 3 rings (SSSR count). The maximum absolute atomic E-state index is 12.0. The van der Waals surface area contributed by atoms with E-state index in [1.165, 1.54) is 7.11 Å². The van der Waals surface area contributed by atoms with Crippen LogP contribution in [0.2, 0.25) is 0 Å². The molecule has 0 amide bonds. The number of esters is 1. The maximum Gasteiger partial charge on any atom is 0.349 e. The highest BCUT2D eigenvalue weighted by molar-refractivity contribution is 9.10. The number of para-hydroxylation sites is 2. The van der Waals surface area contributed by atoms with E-state index < -0.39 is 5.97 Å². The molecule has 0 spiro atoms. The predicted octanol–water partition coefficient (Wildman–Crippen LogP) is 4.60. The monoisotopic (exact) mass is 386 g/mol. The Morgan fingerprint density at radius 3 is 2.46 bits per heavy atom. The number of ether oxygens (including phenoxy) is 3. The second kappa shape index (κ2) is 7.36. The van der Waals surface area contributed by atoms with Crippen molar-refractivity contribution in [3.63, 3.8) is 0 Å². The highest BCUT2D eigenvalue weighted by Gasteiger charge is 2.10. The van der Waals surface area contributed by atoms with Crippen molar-refractivity contribution in [2.45, 2.75) is 0 Å². The second-order valence-electron chi connectivity index (χ2n) is 5.07. The van der Waals surface area contributed by atoms with Gasteiger partial charge < -0.3 is 14.2 Å². The molecule has 0 aliphatic heterocycles. The number of carbonyl (C=O) groups excluding carboxylic acids is 1. The third-order valence-corrected chi connectivity index (χ3v) is 3.92. The molecule has 0 heterocycles. The average molecular weight is 387 g/mol. The third kappa shape index (κ3) is 3.86. The van der Waals surface area contributed by atoms with Gasteiger partial charge in [-0.05, 0) is 47.2 Å². The summed E-state index contributed by atoms with van der Waals surface area (Å²) in [6.07, 6.45) is 0. The Bertz CT molecular complexity index is 876. The lowest BCUT2D eigenvalue weighted by Crippen LogP contribution is -2.18. The van der Waals surface area contributed by atoms with Crippen LogP contribution in [0.3, 0.4) is 0 Å². The summed E-state index contributed by atoms with van der Waals surface area (Å²) in [6.45, 7) is -0.180. The van der Waals surface area contributed by atoms with Crippen LogP contribution in [0, 0.1) is 0 Å². The van der Waals surface area contributed by atoms with Crippen LogP contribution >= 0.6 is 15.9 Å². The molecule has 122 valence electrons. The molecular formula is C19H15BrO4. The summed E-state index contributed by atoms with van der Waals surface area (Å²) >= 11 is 3.44. The molecule has 0 atom stereocenters. The standard InChI is InChI=1S/C19H15BrO4/c1-22-17-4-2-3-5-18(17)24-19(21)12-23-16-9-7-13-10-15(20)8-6-14(13)11-16/h2-11H,12H2,1H3. The normalized spacial score (nSPS) is 10.4. The first-order chi connectivity index (χ1) is 11.7. The van der Waals surface area contributed by atoms with E-state index in [1.54, 1.807) is 24.3 Å². The van der Waals surface area contributed by atoms with Crippen LogP contribution in [0.4, 0.5) is 0 Å². The van der Waals surface area contributed by atoms with E-state index in [4.69, 9.17) is 14.2 Å². The Kier molecular flexibility index (Phi) is 5.01. The minimum atomic E-state index is -0.490. The van der Waals surface area contributed by atoms with Gasteiger partial charge in [0.15, 0.2) is 18.1 Å². The van der Waals surface area contributed by atoms with Gasteiger partial charge in [-0.1, -0.05) is 40.2 Å². The molecular weight excluding hydrogens is 372 g/mol. The molecule has 0 unspecified atom stereocenters. The summed E-state index contributed by atoms with van der Waals surface area (Å²) in [4.78, 5) is 12.0. The van der Waals surface area contributed by atoms with Crippen molar-refractivity contribution in [2.24, 2.45) is 0 Å². The minimum absolute atomic E-state index is 0.180. The highest BCUT2D eigenvalue weighted by atomic mass is 79.9. The Morgan fingerprint density at radius 2 is 1.67 bits per heavy atom. The lowest BCUT2D eigenvalue weighted by atomic mass is 10.1. The highest BCUT2D eigenvalue weighted by Crippen LogP contribution is 2.26. The lowest BCUT2D eigenvalue weighted by Gasteiger charge is -2.10. The van der Waals surface area contributed by atoms with Gasteiger partial charge in [0, 0.05) is 4.47 Å². The van der Waals surface area contributed by atoms with E-state index in [0.29, 0.717) is 17.2 Å². The van der Waals surface area contributed by atoms with Crippen molar-refractivity contribution >= 4 is 32.7 Å². The fourth-order valence-electron chi connectivity index (χ4n) is 2.28. The third-order valence-electron chi connectivity index (χ3n) is 3.42. The summed E-state index contributed by atoms with van der Waals surface area (Å²) in [5, 5.41) is 2.13. The number of fused-ring (bicyclic) bond motifs is 1. The maximum atomic E-state index is 12.0. The number of hydrogen-bond donors (Lipinski definition) is 0. The zero-order valence-electron chi connectivity index (χ0n) is 13.0. The Balaban J connectivity index is 1.65. The van der Waals surface area contributed by atoms with Crippen LogP contribution in [0.25, 0.3) is 10.8 Å². The van der Waals surface area contributed by atoms with Crippen molar-refractivity contribution in [1.29, 1.82) is 0 Å². The SMILES string of the molecule is COc1ccccc1OC(=O)COc1ccc2cc(Br)ccc2c1. The molecule has 0 N–H and O–H groups in total. The van der Waals surface area contributed by atoms with E-state index >= 15 is 0 Å². The van der Waals surface area contributed by atoms with Gasteiger partial charge in [-0.2, -0.15) is 0 Å². The summed E-state index contributed by atoms with van der Waals surface area (Å²) in [6, 6.07) is 18.6. The van der Waals surface area contributed by atoms with Gasteiger partial charge in [-0.25, -0.2) is 4.79 Å². The fraction of sp³-hybridized carbons (Fsp3) is 0.105. The molecule has 5 heteroatoms.